The molecule has 0 aliphatic rings. The van der Waals surface area contributed by atoms with Gasteiger partial charge in [-0.3, -0.25) is 4.79 Å². The lowest BCUT2D eigenvalue weighted by Gasteiger charge is -2.22. The third kappa shape index (κ3) is 4.81. The van der Waals surface area contributed by atoms with Crippen LogP contribution in [0, 0.1) is 0 Å². The SMILES string of the molecule is CCCC(=O)N(N)C(=O)OC(C)(C)C. The van der Waals surface area contributed by atoms with Crippen molar-refractivity contribution < 1.29 is 14.3 Å². The van der Waals surface area contributed by atoms with Gasteiger partial charge in [0, 0.05) is 6.42 Å². The minimum absolute atomic E-state index is 0.246. The summed E-state index contributed by atoms with van der Waals surface area (Å²) in [7, 11) is 0. The van der Waals surface area contributed by atoms with Crippen LogP contribution in [-0.4, -0.2) is 22.6 Å². The average molecular weight is 202 g/mol. The molecule has 0 saturated heterocycles. The Balaban J connectivity index is 4.19. The summed E-state index contributed by atoms with van der Waals surface area (Å²) >= 11 is 0. The summed E-state index contributed by atoms with van der Waals surface area (Å²) in [5.74, 6) is 4.83. The first kappa shape index (κ1) is 12.9. The number of hydrogen-bond donors (Lipinski definition) is 1. The highest BCUT2D eigenvalue weighted by atomic mass is 16.6. The highest BCUT2D eigenvalue weighted by Crippen LogP contribution is 2.09. The number of carbonyl (C=O) groups excluding carboxylic acids is 2. The molecular weight excluding hydrogens is 184 g/mol. The summed E-state index contributed by atoms with van der Waals surface area (Å²) in [4.78, 5) is 22.4. The molecule has 2 amide bonds. The second kappa shape index (κ2) is 4.95. The molecule has 0 saturated carbocycles. The Bertz CT molecular complexity index is 221. The maximum Gasteiger partial charge on any atom is 0.431 e. The number of nitrogens with zero attached hydrogens (tertiary/aromatic N) is 1. The predicted molar refractivity (Wildman–Crippen MR) is 52.2 cm³/mol. The summed E-state index contributed by atoms with van der Waals surface area (Å²) in [6.07, 6.45) is 0.0846. The maximum absolute atomic E-state index is 11.2. The van der Waals surface area contributed by atoms with E-state index in [-0.39, 0.29) is 6.42 Å². The van der Waals surface area contributed by atoms with Crippen LogP contribution in [-0.2, 0) is 9.53 Å². The average Bonchev–Trinajstić information content (AvgIpc) is 2.00. The molecule has 0 aromatic rings. The molecule has 0 aliphatic carbocycles. The van der Waals surface area contributed by atoms with E-state index < -0.39 is 17.6 Å². The normalized spacial score (nSPS) is 10.9. The van der Waals surface area contributed by atoms with Crippen LogP contribution in [0.3, 0.4) is 0 Å². The predicted octanol–water partition coefficient (Wildman–Crippen LogP) is 1.42. The highest BCUT2D eigenvalue weighted by molar-refractivity contribution is 5.91. The lowest BCUT2D eigenvalue weighted by molar-refractivity contribution is -0.130. The van der Waals surface area contributed by atoms with Crippen molar-refractivity contribution in [2.75, 3.05) is 0 Å². The van der Waals surface area contributed by atoms with Gasteiger partial charge in [0.2, 0.25) is 5.91 Å². The van der Waals surface area contributed by atoms with Gasteiger partial charge in [0.25, 0.3) is 0 Å². The van der Waals surface area contributed by atoms with Crippen LogP contribution in [0.25, 0.3) is 0 Å². The quantitative estimate of drug-likeness (QED) is 0.417. The van der Waals surface area contributed by atoms with Crippen molar-refractivity contribution >= 4 is 12.0 Å². The molecular formula is C9H18N2O3. The number of nitrogens with two attached hydrogens (primary N) is 1. The van der Waals surface area contributed by atoms with Gasteiger partial charge in [0.15, 0.2) is 0 Å². The Labute approximate surface area is 84.2 Å². The highest BCUT2D eigenvalue weighted by Gasteiger charge is 2.23. The van der Waals surface area contributed by atoms with Crippen molar-refractivity contribution in [3.63, 3.8) is 0 Å². The van der Waals surface area contributed by atoms with E-state index in [1.807, 2.05) is 6.92 Å². The second-order valence-electron chi connectivity index (χ2n) is 3.99. The molecule has 0 aromatic carbocycles. The van der Waals surface area contributed by atoms with Gasteiger partial charge in [0.1, 0.15) is 5.60 Å². The fourth-order valence-electron chi connectivity index (χ4n) is 0.747. The minimum atomic E-state index is -0.809. The van der Waals surface area contributed by atoms with Gasteiger partial charge in [0.05, 0.1) is 0 Å². The van der Waals surface area contributed by atoms with E-state index in [0.717, 1.165) is 0 Å². The largest absolute Gasteiger partial charge is 0.442 e. The first-order valence-corrected chi connectivity index (χ1v) is 4.58. The molecule has 0 fully saturated rings. The summed E-state index contributed by atoms with van der Waals surface area (Å²) in [6, 6.07) is 0. The third-order valence-corrected chi connectivity index (χ3v) is 1.32. The molecule has 0 heterocycles. The van der Waals surface area contributed by atoms with Gasteiger partial charge in [-0.1, -0.05) is 6.92 Å². The summed E-state index contributed by atoms with van der Waals surface area (Å²) in [5, 5.41) is 0.523. The molecule has 0 radical (unpaired) electrons. The van der Waals surface area contributed by atoms with Gasteiger partial charge in [-0.05, 0) is 27.2 Å². The molecule has 5 nitrogen and oxygen atoms in total. The Morgan fingerprint density at radius 3 is 2.21 bits per heavy atom. The Morgan fingerprint density at radius 2 is 1.86 bits per heavy atom. The Hall–Kier alpha value is -1.10. The standard InChI is InChI=1S/C9H18N2O3/c1-5-6-7(12)11(10)8(13)14-9(2,3)4/h5-6,10H2,1-4H3. The molecule has 5 heteroatoms. The van der Waals surface area contributed by atoms with Gasteiger partial charge in [-0.15, -0.1) is 0 Å². The van der Waals surface area contributed by atoms with Crippen LogP contribution in [0.4, 0.5) is 4.79 Å². The second-order valence-corrected chi connectivity index (χ2v) is 3.99. The third-order valence-electron chi connectivity index (χ3n) is 1.32. The van der Waals surface area contributed by atoms with E-state index in [2.05, 4.69) is 0 Å². The van der Waals surface area contributed by atoms with Crippen LogP contribution in [0.5, 0.6) is 0 Å². The fourth-order valence-corrected chi connectivity index (χ4v) is 0.747. The van der Waals surface area contributed by atoms with E-state index in [4.69, 9.17) is 10.6 Å². The van der Waals surface area contributed by atoms with Crippen molar-refractivity contribution in [1.82, 2.24) is 5.01 Å². The number of hydrogen-bond acceptors (Lipinski definition) is 4. The number of hydrazine groups is 1. The fraction of sp³-hybridized carbons (Fsp3) is 0.778. The van der Waals surface area contributed by atoms with Gasteiger partial charge < -0.3 is 4.74 Å². The van der Waals surface area contributed by atoms with Crippen molar-refractivity contribution in [2.24, 2.45) is 5.84 Å². The first-order valence-electron chi connectivity index (χ1n) is 4.58. The summed E-state index contributed by atoms with van der Waals surface area (Å²) in [5.41, 5.74) is -0.638. The number of ether oxygens (including phenoxy) is 1. The molecule has 14 heavy (non-hydrogen) atoms. The zero-order valence-corrected chi connectivity index (χ0v) is 9.16. The van der Waals surface area contributed by atoms with Crippen LogP contribution in [0.1, 0.15) is 40.5 Å². The Morgan fingerprint density at radius 1 is 1.36 bits per heavy atom. The minimum Gasteiger partial charge on any atom is -0.442 e. The van der Waals surface area contributed by atoms with E-state index in [1.165, 1.54) is 0 Å². The monoisotopic (exact) mass is 202 g/mol. The van der Waals surface area contributed by atoms with E-state index in [0.29, 0.717) is 11.4 Å². The van der Waals surface area contributed by atoms with Crippen molar-refractivity contribution in [2.45, 2.75) is 46.1 Å². The molecule has 2 N–H and O–H groups in total. The smallest absolute Gasteiger partial charge is 0.431 e. The first-order chi connectivity index (χ1) is 6.28. The molecule has 0 spiro atoms. The summed E-state index contributed by atoms with van der Waals surface area (Å²) < 4.78 is 4.91. The lowest BCUT2D eigenvalue weighted by Crippen LogP contribution is -2.45. The van der Waals surface area contributed by atoms with Crippen LogP contribution >= 0.6 is 0 Å². The molecule has 0 atom stereocenters. The molecule has 0 unspecified atom stereocenters. The van der Waals surface area contributed by atoms with Crippen molar-refractivity contribution in [3.8, 4) is 0 Å². The van der Waals surface area contributed by atoms with Crippen LogP contribution < -0.4 is 5.84 Å². The van der Waals surface area contributed by atoms with Crippen LogP contribution in [0.2, 0.25) is 0 Å². The molecule has 0 aromatic heterocycles. The molecule has 82 valence electrons. The van der Waals surface area contributed by atoms with Gasteiger partial charge in [-0.25, -0.2) is 10.6 Å². The van der Waals surface area contributed by atoms with Gasteiger partial charge in [-0.2, -0.15) is 5.01 Å². The van der Waals surface area contributed by atoms with E-state index in [9.17, 15) is 9.59 Å². The van der Waals surface area contributed by atoms with E-state index >= 15 is 0 Å². The lowest BCUT2D eigenvalue weighted by atomic mass is 10.2. The number of carbonyl (C=O) groups is 2. The zero-order valence-electron chi connectivity index (χ0n) is 9.16. The number of imide groups is 1. The van der Waals surface area contributed by atoms with E-state index in [1.54, 1.807) is 20.8 Å². The topological polar surface area (TPSA) is 72.6 Å². The molecule has 0 aliphatic heterocycles. The molecule has 0 rings (SSSR count). The zero-order chi connectivity index (χ0) is 11.4. The van der Waals surface area contributed by atoms with Gasteiger partial charge >= 0.3 is 6.09 Å². The van der Waals surface area contributed by atoms with Crippen molar-refractivity contribution in [1.29, 1.82) is 0 Å². The van der Waals surface area contributed by atoms with Crippen LogP contribution in [0.15, 0.2) is 0 Å². The molecule has 0 bridgehead atoms. The number of rotatable bonds is 2. The Kier molecular flexibility index (Phi) is 4.56. The number of amides is 2. The summed E-state index contributed by atoms with van der Waals surface area (Å²) in [6.45, 7) is 6.97. The maximum atomic E-state index is 11.2. The van der Waals surface area contributed by atoms with Crippen molar-refractivity contribution in [3.05, 3.63) is 0 Å².